The number of nitrogens with zero attached hydrogens (tertiary/aromatic N) is 2. The van der Waals surface area contributed by atoms with Crippen molar-refractivity contribution in [2.45, 2.75) is 38.4 Å². The van der Waals surface area contributed by atoms with E-state index < -0.39 is 14.6 Å². The number of rotatable bonds is 4. The molecule has 1 aliphatic heterocycles. The molecule has 7 heteroatoms. The Bertz CT molecular complexity index is 636. The van der Waals surface area contributed by atoms with Gasteiger partial charge in [-0.05, 0) is 32.2 Å². The number of guanidine groups is 1. The van der Waals surface area contributed by atoms with Gasteiger partial charge in [0.1, 0.15) is 0 Å². The first-order chi connectivity index (χ1) is 10.8. The molecule has 1 aromatic rings. The molecule has 0 radical (unpaired) electrons. The Morgan fingerprint density at radius 3 is 2.83 bits per heavy atom. The number of thiophene rings is 1. The largest absolute Gasteiger partial charge is 0.357 e. The van der Waals surface area contributed by atoms with Crippen molar-refractivity contribution in [3.8, 4) is 0 Å². The van der Waals surface area contributed by atoms with Gasteiger partial charge in [-0.25, -0.2) is 8.42 Å². The highest BCUT2D eigenvalue weighted by Crippen LogP contribution is 2.24. The molecule has 1 atom stereocenters. The van der Waals surface area contributed by atoms with Crippen LogP contribution in [-0.2, 0) is 9.84 Å². The minimum Gasteiger partial charge on any atom is -0.357 e. The summed E-state index contributed by atoms with van der Waals surface area (Å²) in [7, 11) is -3.03. The summed E-state index contributed by atoms with van der Waals surface area (Å²) in [6, 6.07) is 4.19. The van der Waals surface area contributed by atoms with Crippen molar-refractivity contribution < 1.29 is 8.42 Å². The molecule has 0 spiro atoms. The second kappa shape index (κ2) is 7.21. The Kier molecular flexibility index (Phi) is 5.73. The Labute approximate surface area is 143 Å². The second-order valence-electron chi connectivity index (χ2n) is 6.61. The van der Waals surface area contributed by atoms with Gasteiger partial charge in [-0.1, -0.05) is 13.0 Å². The number of sulfone groups is 1. The predicted octanol–water partition coefficient (Wildman–Crippen LogP) is 2.33. The summed E-state index contributed by atoms with van der Waals surface area (Å²) in [5.74, 6) is 1.37. The molecule has 2 rings (SSSR count). The highest BCUT2D eigenvalue weighted by atomic mass is 32.2. The molecule has 0 aromatic carbocycles. The molecule has 1 N–H and O–H groups in total. The first-order valence-electron chi connectivity index (χ1n) is 8.06. The van der Waals surface area contributed by atoms with Gasteiger partial charge in [-0.2, -0.15) is 0 Å². The molecular weight excluding hydrogens is 330 g/mol. The van der Waals surface area contributed by atoms with Crippen molar-refractivity contribution in [1.82, 2.24) is 10.2 Å². The maximum Gasteiger partial charge on any atom is 0.194 e. The van der Waals surface area contributed by atoms with Crippen molar-refractivity contribution in [2.75, 3.05) is 31.9 Å². The molecule has 0 aliphatic carbocycles. The van der Waals surface area contributed by atoms with Crippen LogP contribution in [0.4, 0.5) is 0 Å². The molecule has 1 unspecified atom stereocenters. The van der Waals surface area contributed by atoms with Crippen LogP contribution in [0, 0.1) is 0 Å². The maximum atomic E-state index is 12.2. The van der Waals surface area contributed by atoms with Crippen LogP contribution < -0.4 is 5.32 Å². The van der Waals surface area contributed by atoms with E-state index >= 15 is 0 Å². The van der Waals surface area contributed by atoms with E-state index in [1.54, 1.807) is 25.2 Å². The summed E-state index contributed by atoms with van der Waals surface area (Å²) in [4.78, 5) is 8.15. The average Bonchev–Trinajstić information content (AvgIpc) is 3.00. The smallest absolute Gasteiger partial charge is 0.194 e. The van der Waals surface area contributed by atoms with Gasteiger partial charge in [0.2, 0.25) is 0 Å². The highest BCUT2D eigenvalue weighted by Gasteiger charge is 2.40. The fourth-order valence-electron chi connectivity index (χ4n) is 2.64. The Morgan fingerprint density at radius 2 is 2.26 bits per heavy atom. The molecule has 0 bridgehead atoms. The summed E-state index contributed by atoms with van der Waals surface area (Å²) in [5.41, 5.74) is 0. The topological polar surface area (TPSA) is 61.8 Å². The number of nitrogens with one attached hydrogen (secondary N) is 1. The molecule has 130 valence electrons. The van der Waals surface area contributed by atoms with Crippen LogP contribution in [0.1, 0.15) is 38.5 Å². The SMILES string of the molecule is CCNC(=NCC(C)c1cccs1)N1CCS(=O)(=O)C(C)(C)C1. The zero-order valence-corrected chi connectivity index (χ0v) is 16.0. The van der Waals surface area contributed by atoms with Crippen LogP contribution in [0.5, 0.6) is 0 Å². The van der Waals surface area contributed by atoms with Gasteiger partial charge in [-0.3, -0.25) is 4.99 Å². The number of hydrogen-bond acceptors (Lipinski definition) is 4. The van der Waals surface area contributed by atoms with E-state index in [-0.39, 0.29) is 5.75 Å². The third-order valence-corrected chi connectivity index (χ3v) is 7.86. The van der Waals surface area contributed by atoms with Crippen LogP contribution in [0.25, 0.3) is 0 Å². The second-order valence-corrected chi connectivity index (χ2v) is 10.3. The lowest BCUT2D eigenvalue weighted by molar-refractivity contribution is 0.353. The number of hydrogen-bond donors (Lipinski definition) is 1. The van der Waals surface area contributed by atoms with Crippen LogP contribution in [0.3, 0.4) is 0 Å². The molecule has 1 aliphatic rings. The fraction of sp³-hybridized carbons (Fsp3) is 0.688. The molecular formula is C16H27N3O2S2. The Morgan fingerprint density at radius 1 is 1.52 bits per heavy atom. The molecule has 1 saturated heterocycles. The van der Waals surface area contributed by atoms with E-state index in [4.69, 9.17) is 4.99 Å². The van der Waals surface area contributed by atoms with Gasteiger partial charge in [0.15, 0.2) is 15.8 Å². The van der Waals surface area contributed by atoms with Crippen molar-refractivity contribution in [3.05, 3.63) is 22.4 Å². The first kappa shape index (κ1) is 18.3. The van der Waals surface area contributed by atoms with Crippen LogP contribution in [0.2, 0.25) is 0 Å². The van der Waals surface area contributed by atoms with Gasteiger partial charge in [-0.15, -0.1) is 11.3 Å². The summed E-state index contributed by atoms with van der Waals surface area (Å²) in [6.45, 7) is 10.3. The van der Waals surface area contributed by atoms with E-state index in [2.05, 4.69) is 34.7 Å². The van der Waals surface area contributed by atoms with Gasteiger partial charge in [0.05, 0.1) is 17.0 Å². The normalized spacial score (nSPS) is 21.9. The lowest BCUT2D eigenvalue weighted by Gasteiger charge is -2.39. The Hall–Kier alpha value is -1.08. The van der Waals surface area contributed by atoms with E-state index in [1.807, 2.05) is 6.92 Å². The maximum absolute atomic E-state index is 12.2. The van der Waals surface area contributed by atoms with Crippen LogP contribution >= 0.6 is 11.3 Å². The van der Waals surface area contributed by atoms with Crippen LogP contribution in [-0.4, -0.2) is 56.0 Å². The summed E-state index contributed by atoms with van der Waals surface area (Å²) in [5, 5.41) is 5.38. The summed E-state index contributed by atoms with van der Waals surface area (Å²) >= 11 is 1.75. The zero-order valence-electron chi connectivity index (χ0n) is 14.4. The first-order valence-corrected chi connectivity index (χ1v) is 10.6. The lowest BCUT2D eigenvalue weighted by Crippen LogP contribution is -2.57. The molecule has 0 amide bonds. The lowest BCUT2D eigenvalue weighted by atomic mass is 10.1. The van der Waals surface area contributed by atoms with E-state index in [0.29, 0.717) is 25.6 Å². The van der Waals surface area contributed by atoms with E-state index in [0.717, 1.165) is 12.5 Å². The fourth-order valence-corrected chi connectivity index (χ4v) is 4.78. The minimum absolute atomic E-state index is 0.185. The van der Waals surface area contributed by atoms with Gasteiger partial charge in [0, 0.05) is 30.4 Å². The quantitative estimate of drug-likeness (QED) is 0.664. The van der Waals surface area contributed by atoms with E-state index in [9.17, 15) is 8.42 Å². The van der Waals surface area contributed by atoms with Crippen molar-refractivity contribution in [2.24, 2.45) is 4.99 Å². The third-order valence-electron chi connectivity index (χ3n) is 4.22. The van der Waals surface area contributed by atoms with Crippen molar-refractivity contribution in [1.29, 1.82) is 0 Å². The van der Waals surface area contributed by atoms with E-state index in [1.165, 1.54) is 4.88 Å². The predicted molar refractivity (Wildman–Crippen MR) is 98.2 cm³/mol. The molecule has 1 aromatic heterocycles. The standard InChI is InChI=1S/C16H27N3O2S2/c1-5-17-15(18-11-13(2)14-7-6-9-22-14)19-8-10-23(20,21)16(3,4)12-19/h6-7,9,13H,5,8,10-12H2,1-4H3,(H,17,18). The van der Waals surface area contributed by atoms with Gasteiger partial charge in [0.25, 0.3) is 0 Å². The summed E-state index contributed by atoms with van der Waals surface area (Å²) in [6.07, 6.45) is 0. The zero-order chi connectivity index (χ0) is 17.1. The summed E-state index contributed by atoms with van der Waals surface area (Å²) < 4.78 is 23.6. The molecule has 23 heavy (non-hydrogen) atoms. The minimum atomic E-state index is -3.03. The van der Waals surface area contributed by atoms with Crippen molar-refractivity contribution in [3.63, 3.8) is 0 Å². The molecule has 5 nitrogen and oxygen atoms in total. The molecule has 1 fully saturated rings. The average molecular weight is 358 g/mol. The molecule has 2 heterocycles. The van der Waals surface area contributed by atoms with Gasteiger partial charge >= 0.3 is 0 Å². The number of aliphatic imine (C=N–C) groups is 1. The monoisotopic (exact) mass is 357 g/mol. The highest BCUT2D eigenvalue weighted by molar-refractivity contribution is 7.92. The van der Waals surface area contributed by atoms with Gasteiger partial charge < -0.3 is 10.2 Å². The third kappa shape index (κ3) is 4.26. The molecule has 0 saturated carbocycles. The van der Waals surface area contributed by atoms with Crippen molar-refractivity contribution >= 4 is 27.1 Å². The Balaban J connectivity index is 2.10. The van der Waals surface area contributed by atoms with Crippen LogP contribution in [0.15, 0.2) is 22.5 Å².